The zero-order valence-electron chi connectivity index (χ0n) is 12.4. The number of likely N-dealkylation sites (N-methyl/N-ethyl adjacent to an activating group) is 1. The molecule has 4 heteroatoms. The number of carbonyl (C=O) groups excluding carboxylic acids is 1. The van der Waals surface area contributed by atoms with Gasteiger partial charge >= 0.3 is 0 Å². The van der Waals surface area contributed by atoms with Gasteiger partial charge in [-0.2, -0.15) is 0 Å². The fourth-order valence-corrected chi connectivity index (χ4v) is 2.51. The van der Waals surface area contributed by atoms with Gasteiger partial charge in [-0.15, -0.1) is 0 Å². The van der Waals surface area contributed by atoms with E-state index >= 15 is 0 Å². The lowest BCUT2D eigenvalue weighted by molar-refractivity contribution is -0.126. The molecule has 0 saturated heterocycles. The van der Waals surface area contributed by atoms with Crippen molar-refractivity contribution >= 4 is 5.91 Å². The molecule has 2 rings (SSSR count). The Balaban J connectivity index is 2.23. The number of rotatable bonds is 5. The molecule has 0 saturated carbocycles. The third kappa shape index (κ3) is 3.90. The smallest absolute Gasteiger partial charge is 0.255 e. The van der Waals surface area contributed by atoms with Gasteiger partial charge in [-0.1, -0.05) is 60.2 Å². The first-order valence-corrected chi connectivity index (χ1v) is 6.93. The number of nitrogens with one attached hydrogen (secondary N) is 1. The number of carbonyl (C=O) groups is 1. The number of hydrogen-bond donors (Lipinski definition) is 2. The molecule has 110 valence electrons. The van der Waals surface area contributed by atoms with E-state index in [4.69, 9.17) is 5.84 Å². The monoisotopic (exact) mass is 283 g/mol. The first-order valence-electron chi connectivity index (χ1n) is 6.93. The van der Waals surface area contributed by atoms with E-state index in [0.717, 1.165) is 5.56 Å². The Bertz CT molecular complexity index is 598. The van der Waals surface area contributed by atoms with E-state index in [0.29, 0.717) is 6.54 Å². The van der Waals surface area contributed by atoms with Crippen LogP contribution in [0.2, 0.25) is 0 Å². The van der Waals surface area contributed by atoms with Gasteiger partial charge in [-0.25, -0.2) is 5.84 Å². The first-order chi connectivity index (χ1) is 10.1. The normalized spacial score (nSPS) is 12.2. The van der Waals surface area contributed by atoms with Gasteiger partial charge in [-0.3, -0.25) is 15.1 Å². The van der Waals surface area contributed by atoms with E-state index in [1.165, 1.54) is 11.1 Å². The van der Waals surface area contributed by atoms with Crippen LogP contribution < -0.4 is 11.3 Å². The number of hydrogen-bond acceptors (Lipinski definition) is 3. The van der Waals surface area contributed by atoms with Crippen LogP contribution in [-0.2, 0) is 11.3 Å². The number of nitrogens with two attached hydrogens (primary N) is 1. The largest absolute Gasteiger partial charge is 0.293 e. The second-order valence-electron chi connectivity index (χ2n) is 5.23. The average Bonchev–Trinajstić information content (AvgIpc) is 2.48. The van der Waals surface area contributed by atoms with E-state index in [1.54, 1.807) is 0 Å². The van der Waals surface area contributed by atoms with Crippen LogP contribution in [0.3, 0.4) is 0 Å². The predicted octanol–water partition coefficient (Wildman–Crippen LogP) is 2.16. The Hall–Kier alpha value is -2.17. The van der Waals surface area contributed by atoms with Crippen LogP contribution in [-0.4, -0.2) is 17.9 Å². The highest BCUT2D eigenvalue weighted by molar-refractivity contribution is 5.82. The molecule has 1 atom stereocenters. The number of amides is 1. The molecule has 0 fully saturated rings. The molecule has 0 aromatic heterocycles. The SMILES string of the molecule is Cc1cccc(CN(C)C(C(=O)NN)c2ccccc2)c1. The van der Waals surface area contributed by atoms with Crippen molar-refractivity contribution in [2.24, 2.45) is 5.84 Å². The lowest BCUT2D eigenvalue weighted by atomic mass is 10.0. The van der Waals surface area contributed by atoms with Crippen molar-refractivity contribution in [1.82, 2.24) is 10.3 Å². The van der Waals surface area contributed by atoms with Crippen molar-refractivity contribution in [3.8, 4) is 0 Å². The Kier molecular flexibility index (Phi) is 5.09. The summed E-state index contributed by atoms with van der Waals surface area (Å²) in [6, 6.07) is 17.5. The van der Waals surface area contributed by atoms with Crippen LogP contribution in [0, 0.1) is 6.92 Å². The van der Waals surface area contributed by atoms with Crippen molar-refractivity contribution in [3.05, 3.63) is 71.3 Å². The third-order valence-electron chi connectivity index (χ3n) is 3.46. The predicted molar refractivity (Wildman–Crippen MR) is 84.2 cm³/mol. The van der Waals surface area contributed by atoms with Crippen molar-refractivity contribution in [1.29, 1.82) is 0 Å². The highest BCUT2D eigenvalue weighted by Crippen LogP contribution is 2.21. The topological polar surface area (TPSA) is 58.4 Å². The molecule has 0 aliphatic rings. The summed E-state index contributed by atoms with van der Waals surface area (Å²) in [7, 11) is 1.93. The van der Waals surface area contributed by atoms with E-state index < -0.39 is 6.04 Å². The molecular weight excluding hydrogens is 262 g/mol. The van der Waals surface area contributed by atoms with E-state index in [2.05, 4.69) is 30.5 Å². The highest BCUT2D eigenvalue weighted by atomic mass is 16.2. The van der Waals surface area contributed by atoms with Crippen molar-refractivity contribution in [2.45, 2.75) is 19.5 Å². The van der Waals surface area contributed by atoms with Crippen LogP contribution in [0.4, 0.5) is 0 Å². The second kappa shape index (κ2) is 7.02. The number of hydrazine groups is 1. The molecule has 0 radical (unpaired) electrons. The van der Waals surface area contributed by atoms with Crippen LogP contribution in [0.5, 0.6) is 0 Å². The van der Waals surface area contributed by atoms with E-state index in [9.17, 15) is 4.79 Å². The molecule has 0 aliphatic heterocycles. The summed E-state index contributed by atoms with van der Waals surface area (Å²) in [5.74, 6) is 5.13. The minimum atomic E-state index is -0.406. The molecule has 2 aromatic rings. The first kappa shape index (κ1) is 15.2. The Morgan fingerprint density at radius 1 is 1.19 bits per heavy atom. The maximum Gasteiger partial charge on any atom is 0.255 e. The molecule has 0 spiro atoms. The Morgan fingerprint density at radius 3 is 2.52 bits per heavy atom. The molecule has 0 heterocycles. The van der Waals surface area contributed by atoms with Crippen LogP contribution in [0.15, 0.2) is 54.6 Å². The quantitative estimate of drug-likeness (QED) is 0.502. The highest BCUT2D eigenvalue weighted by Gasteiger charge is 2.24. The Morgan fingerprint density at radius 2 is 1.90 bits per heavy atom. The van der Waals surface area contributed by atoms with Gasteiger partial charge in [0.25, 0.3) is 5.91 Å². The van der Waals surface area contributed by atoms with Crippen LogP contribution in [0.25, 0.3) is 0 Å². The standard InChI is InChI=1S/C17H21N3O/c1-13-7-6-8-14(11-13)12-20(2)16(17(21)19-18)15-9-4-3-5-10-15/h3-11,16H,12,18H2,1-2H3,(H,19,21). The van der Waals surface area contributed by atoms with Gasteiger partial charge in [0.2, 0.25) is 0 Å². The summed E-state index contributed by atoms with van der Waals surface area (Å²) in [6.45, 7) is 2.74. The lowest BCUT2D eigenvalue weighted by Gasteiger charge is -2.27. The molecule has 0 bridgehead atoms. The second-order valence-corrected chi connectivity index (χ2v) is 5.23. The number of benzene rings is 2. The number of aryl methyl sites for hydroxylation is 1. The van der Waals surface area contributed by atoms with Gasteiger partial charge in [-0.05, 0) is 25.1 Å². The van der Waals surface area contributed by atoms with E-state index in [1.807, 2.05) is 48.3 Å². The average molecular weight is 283 g/mol. The fourth-order valence-electron chi connectivity index (χ4n) is 2.51. The molecule has 0 aliphatic carbocycles. The van der Waals surface area contributed by atoms with Crippen molar-refractivity contribution in [3.63, 3.8) is 0 Å². The molecule has 4 nitrogen and oxygen atoms in total. The van der Waals surface area contributed by atoms with Crippen molar-refractivity contribution in [2.75, 3.05) is 7.05 Å². The lowest BCUT2D eigenvalue weighted by Crippen LogP contribution is -2.41. The zero-order valence-corrected chi connectivity index (χ0v) is 12.4. The van der Waals surface area contributed by atoms with Gasteiger partial charge in [0.1, 0.15) is 6.04 Å². The summed E-state index contributed by atoms with van der Waals surface area (Å²) in [5, 5.41) is 0. The molecule has 1 amide bonds. The Labute approximate surface area is 125 Å². The zero-order chi connectivity index (χ0) is 15.2. The molecular formula is C17H21N3O. The molecule has 1 unspecified atom stereocenters. The maximum atomic E-state index is 12.1. The molecule has 2 aromatic carbocycles. The minimum absolute atomic E-state index is 0.212. The summed E-state index contributed by atoms with van der Waals surface area (Å²) in [6.07, 6.45) is 0. The third-order valence-corrected chi connectivity index (χ3v) is 3.46. The van der Waals surface area contributed by atoms with E-state index in [-0.39, 0.29) is 5.91 Å². The van der Waals surface area contributed by atoms with Crippen LogP contribution in [0.1, 0.15) is 22.7 Å². The van der Waals surface area contributed by atoms with Gasteiger partial charge in [0.15, 0.2) is 0 Å². The van der Waals surface area contributed by atoms with Gasteiger partial charge in [0.05, 0.1) is 0 Å². The molecule has 21 heavy (non-hydrogen) atoms. The minimum Gasteiger partial charge on any atom is -0.293 e. The summed E-state index contributed by atoms with van der Waals surface area (Å²) in [5.41, 5.74) is 5.57. The molecule has 3 N–H and O–H groups in total. The van der Waals surface area contributed by atoms with Gasteiger partial charge < -0.3 is 0 Å². The summed E-state index contributed by atoms with van der Waals surface area (Å²) >= 11 is 0. The van der Waals surface area contributed by atoms with Gasteiger partial charge in [0, 0.05) is 6.54 Å². The van der Waals surface area contributed by atoms with Crippen molar-refractivity contribution < 1.29 is 4.79 Å². The summed E-state index contributed by atoms with van der Waals surface area (Å²) < 4.78 is 0. The van der Waals surface area contributed by atoms with Crippen LogP contribution >= 0.6 is 0 Å². The fraction of sp³-hybridized carbons (Fsp3) is 0.235. The maximum absolute atomic E-state index is 12.1. The summed E-state index contributed by atoms with van der Waals surface area (Å²) in [4.78, 5) is 14.1. The number of nitrogens with zero attached hydrogens (tertiary/aromatic N) is 1.